The molecule has 12 heteroatoms. The van der Waals surface area contributed by atoms with Crippen molar-refractivity contribution in [1.82, 2.24) is 9.71 Å². The van der Waals surface area contributed by atoms with Crippen molar-refractivity contribution >= 4 is 43.2 Å². The van der Waals surface area contributed by atoms with Crippen molar-refractivity contribution in [3.63, 3.8) is 0 Å². The SMILES string of the molecule is CC(CNc1ccc(C(F)(F)F)cn1)NS(=O)(=O)c1ccc2scc(CC(=O)O)c2c1. The number of rotatable bonds is 8. The van der Waals surface area contributed by atoms with Gasteiger partial charge in [-0.05, 0) is 53.6 Å². The number of thiophene rings is 1. The van der Waals surface area contributed by atoms with Crippen LogP contribution in [0.5, 0.6) is 0 Å². The van der Waals surface area contributed by atoms with Gasteiger partial charge in [0.2, 0.25) is 10.0 Å². The first-order chi connectivity index (χ1) is 14.5. The zero-order chi connectivity index (χ0) is 22.8. The molecule has 0 spiro atoms. The Morgan fingerprint density at radius 2 is 2.00 bits per heavy atom. The Balaban J connectivity index is 1.67. The molecule has 0 fully saturated rings. The normalized spacial score (nSPS) is 13.3. The lowest BCUT2D eigenvalue weighted by molar-refractivity contribution is -0.138. The summed E-state index contributed by atoms with van der Waals surface area (Å²) in [5, 5.41) is 14.0. The second kappa shape index (κ2) is 8.81. The van der Waals surface area contributed by atoms with Gasteiger partial charge in [-0.1, -0.05) is 0 Å². The van der Waals surface area contributed by atoms with E-state index >= 15 is 0 Å². The molecule has 3 N–H and O–H groups in total. The summed E-state index contributed by atoms with van der Waals surface area (Å²) in [6.45, 7) is 1.68. The lowest BCUT2D eigenvalue weighted by Crippen LogP contribution is -2.37. The number of aromatic nitrogens is 1. The van der Waals surface area contributed by atoms with Gasteiger partial charge >= 0.3 is 12.1 Å². The predicted octanol–water partition coefficient (Wildman–Crippen LogP) is 3.72. The average Bonchev–Trinajstić information content (AvgIpc) is 3.07. The Morgan fingerprint density at radius 1 is 1.26 bits per heavy atom. The highest BCUT2D eigenvalue weighted by molar-refractivity contribution is 7.89. The van der Waals surface area contributed by atoms with Crippen LogP contribution in [0.2, 0.25) is 0 Å². The number of nitrogens with zero attached hydrogens (tertiary/aromatic N) is 1. The van der Waals surface area contributed by atoms with Gasteiger partial charge in [0.1, 0.15) is 5.82 Å². The molecule has 0 amide bonds. The second-order valence-electron chi connectivity index (χ2n) is 6.82. The third-order valence-corrected chi connectivity index (χ3v) is 6.91. The molecule has 0 saturated heterocycles. The Bertz CT molecular complexity index is 1190. The van der Waals surface area contributed by atoms with Crippen molar-refractivity contribution in [3.05, 3.63) is 53.0 Å². The number of alkyl halides is 3. The summed E-state index contributed by atoms with van der Waals surface area (Å²) in [6.07, 6.45) is -4.00. The summed E-state index contributed by atoms with van der Waals surface area (Å²) in [4.78, 5) is 14.7. The number of nitrogens with one attached hydrogen (secondary N) is 2. The van der Waals surface area contributed by atoms with Gasteiger partial charge in [-0.3, -0.25) is 4.79 Å². The van der Waals surface area contributed by atoms with Gasteiger partial charge in [0, 0.05) is 23.5 Å². The number of anilines is 1. The number of aliphatic carboxylic acids is 1. The first-order valence-corrected chi connectivity index (χ1v) is 11.3. The van der Waals surface area contributed by atoms with Crippen LogP contribution in [-0.4, -0.2) is 37.1 Å². The Kier molecular flexibility index (Phi) is 6.53. The third-order valence-electron chi connectivity index (χ3n) is 4.31. The molecule has 0 radical (unpaired) electrons. The molecule has 1 atom stereocenters. The maximum atomic E-state index is 12.7. The van der Waals surface area contributed by atoms with E-state index < -0.39 is 33.8 Å². The van der Waals surface area contributed by atoms with Crippen LogP contribution in [0.1, 0.15) is 18.1 Å². The van der Waals surface area contributed by atoms with E-state index in [4.69, 9.17) is 5.11 Å². The fourth-order valence-corrected chi connectivity index (χ4v) is 5.04. The number of hydrogen-bond acceptors (Lipinski definition) is 6. The highest BCUT2D eigenvalue weighted by Gasteiger charge is 2.30. The van der Waals surface area contributed by atoms with Crippen molar-refractivity contribution in [1.29, 1.82) is 0 Å². The molecular weight excluding hydrogens is 455 g/mol. The lowest BCUT2D eigenvalue weighted by Gasteiger charge is -2.16. The van der Waals surface area contributed by atoms with Crippen LogP contribution in [0.4, 0.5) is 19.0 Å². The monoisotopic (exact) mass is 473 g/mol. The number of fused-ring (bicyclic) bond motifs is 1. The Labute approximate surface area is 180 Å². The molecular formula is C19H18F3N3O4S2. The minimum atomic E-state index is -4.48. The van der Waals surface area contributed by atoms with Gasteiger partial charge in [-0.15, -0.1) is 11.3 Å². The number of halogens is 3. The van der Waals surface area contributed by atoms with Crippen LogP contribution in [0, 0.1) is 0 Å². The second-order valence-corrected chi connectivity index (χ2v) is 9.45. The molecule has 3 aromatic rings. The first-order valence-electron chi connectivity index (χ1n) is 8.97. The maximum Gasteiger partial charge on any atom is 0.417 e. The van der Waals surface area contributed by atoms with E-state index in [0.717, 1.165) is 10.8 Å². The number of sulfonamides is 1. The summed E-state index contributed by atoms with van der Waals surface area (Å²) in [5.74, 6) is -0.834. The zero-order valence-corrected chi connectivity index (χ0v) is 17.7. The zero-order valence-electron chi connectivity index (χ0n) is 16.1. The first kappa shape index (κ1) is 23.0. The highest BCUT2D eigenvalue weighted by atomic mass is 32.2. The molecule has 3 rings (SSSR count). The fraction of sp³-hybridized carbons (Fsp3) is 0.263. The molecule has 7 nitrogen and oxygen atoms in total. The summed E-state index contributed by atoms with van der Waals surface area (Å²) >= 11 is 1.33. The van der Waals surface area contributed by atoms with Crippen molar-refractivity contribution in [2.24, 2.45) is 0 Å². The largest absolute Gasteiger partial charge is 0.481 e. The van der Waals surface area contributed by atoms with Gasteiger partial charge in [0.05, 0.1) is 16.9 Å². The summed E-state index contributed by atoms with van der Waals surface area (Å²) < 4.78 is 66.4. The van der Waals surface area contributed by atoms with Crippen LogP contribution in [0.15, 0.2) is 46.8 Å². The maximum absolute atomic E-state index is 12.7. The van der Waals surface area contributed by atoms with E-state index in [1.807, 2.05) is 0 Å². The molecule has 2 heterocycles. The number of hydrogen-bond donors (Lipinski definition) is 3. The molecule has 0 aliphatic carbocycles. The van der Waals surface area contributed by atoms with Gasteiger partial charge in [0.25, 0.3) is 0 Å². The van der Waals surface area contributed by atoms with Gasteiger partial charge < -0.3 is 10.4 Å². The molecule has 0 bridgehead atoms. The predicted molar refractivity (Wildman–Crippen MR) is 111 cm³/mol. The standard InChI is InChI=1S/C19H18F3N3O4S2/c1-11(8-23-17-5-2-13(9-24-17)19(20,21)22)25-31(28,29)14-3-4-16-15(7-14)12(10-30-16)6-18(26)27/h2-5,7,9-11,25H,6,8H2,1H3,(H,23,24)(H,26,27). The van der Waals surface area contributed by atoms with Crippen molar-refractivity contribution in [2.75, 3.05) is 11.9 Å². The number of carboxylic acid groups (broad SMARTS) is 1. The van der Waals surface area contributed by atoms with Gasteiger partial charge in [-0.25, -0.2) is 18.1 Å². The van der Waals surface area contributed by atoms with Crippen LogP contribution >= 0.6 is 11.3 Å². The van der Waals surface area contributed by atoms with Crippen molar-refractivity contribution < 1.29 is 31.5 Å². The smallest absolute Gasteiger partial charge is 0.417 e. The molecule has 0 aliphatic rings. The number of pyridine rings is 1. The van der Waals surface area contributed by atoms with E-state index in [1.165, 1.54) is 29.5 Å². The fourth-order valence-electron chi connectivity index (χ4n) is 2.83. The Morgan fingerprint density at radius 3 is 2.61 bits per heavy atom. The quantitative estimate of drug-likeness (QED) is 0.460. The number of carbonyl (C=O) groups is 1. The minimum absolute atomic E-state index is 0.00968. The summed E-state index contributed by atoms with van der Waals surface area (Å²) in [5.41, 5.74) is -0.342. The molecule has 0 aliphatic heterocycles. The van der Waals surface area contributed by atoms with Crippen LogP contribution < -0.4 is 10.0 Å². The molecule has 2 aromatic heterocycles. The lowest BCUT2D eigenvalue weighted by atomic mass is 10.1. The van der Waals surface area contributed by atoms with E-state index in [1.54, 1.807) is 18.4 Å². The summed E-state index contributed by atoms with van der Waals surface area (Å²) in [7, 11) is -3.91. The average molecular weight is 473 g/mol. The molecule has 1 aromatic carbocycles. The van der Waals surface area contributed by atoms with Crippen LogP contribution in [-0.2, 0) is 27.4 Å². The summed E-state index contributed by atoms with van der Waals surface area (Å²) in [6, 6.07) is 5.93. The third kappa shape index (κ3) is 5.71. The molecule has 166 valence electrons. The van der Waals surface area contributed by atoms with Crippen molar-refractivity contribution in [2.45, 2.75) is 30.5 Å². The van der Waals surface area contributed by atoms with Crippen LogP contribution in [0.25, 0.3) is 10.1 Å². The minimum Gasteiger partial charge on any atom is -0.481 e. The molecule has 0 saturated carbocycles. The van der Waals surface area contributed by atoms with Gasteiger partial charge in [-0.2, -0.15) is 13.2 Å². The highest BCUT2D eigenvalue weighted by Crippen LogP contribution is 2.30. The topological polar surface area (TPSA) is 108 Å². The number of benzene rings is 1. The van der Waals surface area contributed by atoms with E-state index in [9.17, 15) is 26.4 Å². The van der Waals surface area contributed by atoms with E-state index in [2.05, 4.69) is 15.0 Å². The molecule has 31 heavy (non-hydrogen) atoms. The number of carboxylic acids is 1. The van der Waals surface area contributed by atoms with Crippen LogP contribution in [0.3, 0.4) is 0 Å². The van der Waals surface area contributed by atoms with E-state index in [0.29, 0.717) is 17.1 Å². The van der Waals surface area contributed by atoms with Crippen molar-refractivity contribution in [3.8, 4) is 0 Å². The van der Waals surface area contributed by atoms with E-state index in [-0.39, 0.29) is 23.7 Å². The Hall–Kier alpha value is -2.70. The molecule has 1 unspecified atom stereocenters. The van der Waals surface area contributed by atoms with Gasteiger partial charge in [0.15, 0.2) is 0 Å².